The molecule has 3 aromatic rings. The Labute approximate surface area is 187 Å². The molecule has 7 nitrogen and oxygen atoms in total. The van der Waals surface area contributed by atoms with E-state index in [-0.39, 0.29) is 18.9 Å². The van der Waals surface area contributed by atoms with Gasteiger partial charge in [0, 0.05) is 37.0 Å². The molecule has 2 aromatic carbocycles. The standard InChI is InChI=1S/C24H25N3O4S/c25-17-23(32(29,30)26-10-13-28)16-22-8-9-24(31-22)20-5-4-19-15-21(7-6-18(19)14-20)27-11-2-1-3-12-27/h4-9,14-16,26,28H,1-3,10-13H2/b23-16+. The Morgan fingerprint density at radius 2 is 1.84 bits per heavy atom. The average molecular weight is 452 g/mol. The number of anilines is 1. The molecule has 2 heterocycles. The summed E-state index contributed by atoms with van der Waals surface area (Å²) >= 11 is 0. The van der Waals surface area contributed by atoms with Crippen molar-refractivity contribution in [2.75, 3.05) is 31.1 Å². The molecule has 0 saturated carbocycles. The summed E-state index contributed by atoms with van der Waals surface area (Å²) in [4.78, 5) is 1.95. The zero-order valence-corrected chi connectivity index (χ0v) is 18.4. The van der Waals surface area contributed by atoms with E-state index in [0.29, 0.717) is 5.76 Å². The van der Waals surface area contributed by atoms with Crippen LogP contribution < -0.4 is 9.62 Å². The summed E-state index contributed by atoms with van der Waals surface area (Å²) in [5, 5.41) is 20.3. The van der Waals surface area contributed by atoms with E-state index >= 15 is 0 Å². The largest absolute Gasteiger partial charge is 0.457 e. The van der Waals surface area contributed by atoms with Crippen LogP contribution in [-0.2, 0) is 10.0 Å². The number of allylic oxidation sites excluding steroid dienone is 1. The fourth-order valence-electron chi connectivity index (χ4n) is 3.88. The Balaban J connectivity index is 1.58. The van der Waals surface area contributed by atoms with Gasteiger partial charge < -0.3 is 14.4 Å². The molecular weight excluding hydrogens is 426 g/mol. The van der Waals surface area contributed by atoms with E-state index in [9.17, 15) is 13.7 Å². The summed E-state index contributed by atoms with van der Waals surface area (Å²) < 4.78 is 32.2. The summed E-state index contributed by atoms with van der Waals surface area (Å²) in [6, 6.07) is 17.6. The van der Waals surface area contributed by atoms with Crippen molar-refractivity contribution in [2.24, 2.45) is 0 Å². The number of furan rings is 1. The van der Waals surface area contributed by atoms with Gasteiger partial charge in [-0.3, -0.25) is 0 Å². The average Bonchev–Trinajstić information content (AvgIpc) is 3.30. The maximum Gasteiger partial charge on any atom is 0.250 e. The number of piperidine rings is 1. The molecular formula is C24H25N3O4S. The van der Waals surface area contributed by atoms with Crippen molar-refractivity contribution in [2.45, 2.75) is 19.3 Å². The molecule has 2 N–H and O–H groups in total. The first-order valence-corrected chi connectivity index (χ1v) is 12.1. The first kappa shape index (κ1) is 22.1. The molecule has 1 fully saturated rings. The monoisotopic (exact) mass is 451 g/mol. The first-order chi connectivity index (χ1) is 15.5. The molecule has 1 aliphatic rings. The maximum atomic E-state index is 12.1. The highest BCUT2D eigenvalue weighted by molar-refractivity contribution is 7.93. The fourth-order valence-corrected chi connectivity index (χ4v) is 4.78. The summed E-state index contributed by atoms with van der Waals surface area (Å²) in [5.41, 5.74) is 2.11. The minimum atomic E-state index is -4.00. The normalized spacial score (nSPS) is 15.1. The van der Waals surface area contributed by atoms with Crippen molar-refractivity contribution < 1.29 is 17.9 Å². The lowest BCUT2D eigenvalue weighted by Gasteiger charge is -2.29. The molecule has 166 valence electrons. The molecule has 0 amide bonds. The van der Waals surface area contributed by atoms with Crippen molar-refractivity contribution >= 4 is 32.6 Å². The van der Waals surface area contributed by atoms with E-state index in [1.54, 1.807) is 18.2 Å². The van der Waals surface area contributed by atoms with Crippen LogP contribution in [-0.4, -0.2) is 39.8 Å². The van der Waals surface area contributed by atoms with Gasteiger partial charge in [0.1, 0.15) is 17.6 Å². The molecule has 0 radical (unpaired) electrons. The second kappa shape index (κ2) is 9.57. The maximum absolute atomic E-state index is 12.1. The van der Waals surface area contributed by atoms with Gasteiger partial charge in [0.15, 0.2) is 4.91 Å². The molecule has 0 spiro atoms. The number of aliphatic hydroxyl groups is 1. The van der Waals surface area contributed by atoms with Crippen molar-refractivity contribution in [3.05, 3.63) is 59.2 Å². The van der Waals surface area contributed by atoms with Crippen LogP contribution >= 0.6 is 0 Å². The van der Waals surface area contributed by atoms with Gasteiger partial charge in [0.2, 0.25) is 0 Å². The number of nitrogens with one attached hydrogen (secondary N) is 1. The lowest BCUT2D eigenvalue weighted by atomic mass is 10.0. The molecule has 0 aliphatic carbocycles. The van der Waals surface area contributed by atoms with Crippen LogP contribution in [0.1, 0.15) is 25.0 Å². The van der Waals surface area contributed by atoms with E-state index < -0.39 is 14.9 Å². The molecule has 4 rings (SSSR count). The van der Waals surface area contributed by atoms with Gasteiger partial charge in [0.05, 0.1) is 6.61 Å². The molecule has 8 heteroatoms. The first-order valence-electron chi connectivity index (χ1n) is 10.6. The van der Waals surface area contributed by atoms with E-state index in [4.69, 9.17) is 9.52 Å². The second-order valence-electron chi connectivity index (χ2n) is 7.74. The number of rotatable bonds is 7. The smallest absolute Gasteiger partial charge is 0.250 e. The van der Waals surface area contributed by atoms with Crippen LogP contribution in [0.5, 0.6) is 0 Å². The van der Waals surface area contributed by atoms with Crippen molar-refractivity contribution in [1.82, 2.24) is 4.72 Å². The van der Waals surface area contributed by atoms with Gasteiger partial charge in [-0.05, 0) is 60.4 Å². The summed E-state index contributed by atoms with van der Waals surface area (Å²) in [6.07, 6.45) is 4.95. The van der Waals surface area contributed by atoms with Gasteiger partial charge in [-0.2, -0.15) is 5.26 Å². The predicted molar refractivity (Wildman–Crippen MR) is 125 cm³/mol. The third kappa shape index (κ3) is 4.86. The highest BCUT2D eigenvalue weighted by atomic mass is 32.2. The number of fused-ring (bicyclic) bond motifs is 1. The Bertz CT molecular complexity index is 1280. The molecule has 0 unspecified atom stereocenters. The van der Waals surface area contributed by atoms with Crippen molar-refractivity contribution in [1.29, 1.82) is 5.26 Å². The summed E-state index contributed by atoms with van der Waals surface area (Å²) in [6.45, 7) is 1.68. The van der Waals surface area contributed by atoms with Crippen molar-refractivity contribution in [3.8, 4) is 17.4 Å². The highest BCUT2D eigenvalue weighted by Gasteiger charge is 2.18. The van der Waals surface area contributed by atoms with Gasteiger partial charge in [-0.15, -0.1) is 0 Å². The quantitative estimate of drug-likeness (QED) is 0.528. The lowest BCUT2D eigenvalue weighted by molar-refractivity contribution is 0.301. The van der Waals surface area contributed by atoms with E-state index in [0.717, 1.165) is 29.4 Å². The lowest BCUT2D eigenvalue weighted by Crippen LogP contribution is -2.29. The van der Waals surface area contributed by atoms with Crippen LogP contribution in [0.2, 0.25) is 0 Å². The van der Waals surface area contributed by atoms with Gasteiger partial charge in [-0.25, -0.2) is 13.1 Å². The van der Waals surface area contributed by atoms with Gasteiger partial charge >= 0.3 is 0 Å². The number of hydrogen-bond acceptors (Lipinski definition) is 6. The third-order valence-corrected chi connectivity index (χ3v) is 6.91. The minimum absolute atomic E-state index is 0.165. The molecule has 1 saturated heterocycles. The topological polar surface area (TPSA) is 107 Å². The molecule has 32 heavy (non-hydrogen) atoms. The SMILES string of the molecule is N#C/C(=C\c1ccc(-c2ccc3cc(N4CCCCC4)ccc3c2)o1)S(=O)(=O)NCCO. The number of nitriles is 1. The summed E-state index contributed by atoms with van der Waals surface area (Å²) in [7, 11) is -4.00. The number of nitrogens with zero attached hydrogens (tertiary/aromatic N) is 2. The van der Waals surface area contributed by atoms with Crippen LogP contribution in [0.3, 0.4) is 0 Å². The third-order valence-electron chi connectivity index (χ3n) is 5.53. The molecule has 0 bridgehead atoms. The van der Waals surface area contributed by atoms with E-state index in [1.807, 2.05) is 12.1 Å². The Morgan fingerprint density at radius 1 is 1.09 bits per heavy atom. The van der Waals surface area contributed by atoms with Crippen LogP contribution in [0.25, 0.3) is 28.2 Å². The van der Waals surface area contributed by atoms with Gasteiger partial charge in [0.25, 0.3) is 10.0 Å². The Kier molecular flexibility index (Phi) is 6.61. The predicted octanol–water partition coefficient (Wildman–Crippen LogP) is 3.87. The van der Waals surface area contributed by atoms with E-state index in [1.165, 1.54) is 31.0 Å². The second-order valence-corrected chi connectivity index (χ2v) is 9.47. The Morgan fingerprint density at radius 3 is 2.59 bits per heavy atom. The van der Waals surface area contributed by atoms with Gasteiger partial charge in [-0.1, -0.05) is 18.2 Å². The minimum Gasteiger partial charge on any atom is -0.457 e. The highest BCUT2D eigenvalue weighted by Crippen LogP contribution is 2.30. The van der Waals surface area contributed by atoms with Crippen LogP contribution in [0.4, 0.5) is 5.69 Å². The number of sulfonamides is 1. The van der Waals surface area contributed by atoms with Crippen LogP contribution in [0, 0.1) is 11.3 Å². The summed E-state index contributed by atoms with van der Waals surface area (Å²) in [5.74, 6) is 0.836. The number of aliphatic hydroxyl groups excluding tert-OH is 1. The Hall–Kier alpha value is -3.12. The zero-order valence-electron chi connectivity index (χ0n) is 17.6. The van der Waals surface area contributed by atoms with E-state index in [2.05, 4.69) is 33.9 Å². The molecule has 0 atom stereocenters. The fraction of sp³-hybridized carbons (Fsp3) is 0.292. The van der Waals surface area contributed by atoms with Crippen molar-refractivity contribution in [3.63, 3.8) is 0 Å². The van der Waals surface area contributed by atoms with Crippen LogP contribution in [0.15, 0.2) is 57.9 Å². The molecule has 1 aromatic heterocycles. The number of benzene rings is 2. The zero-order chi connectivity index (χ0) is 22.6. The molecule has 1 aliphatic heterocycles. The number of hydrogen-bond donors (Lipinski definition) is 2.